The fourth-order valence-electron chi connectivity index (χ4n) is 2.43. The smallest absolute Gasteiger partial charge is 0.239 e. The largest absolute Gasteiger partial charge is 0.341 e. The van der Waals surface area contributed by atoms with Crippen LogP contribution in [0.3, 0.4) is 0 Å². The number of hydrogen-bond acceptors (Lipinski definition) is 3. The molecule has 1 saturated carbocycles. The van der Waals surface area contributed by atoms with Crippen molar-refractivity contribution in [2.24, 2.45) is 5.41 Å². The Morgan fingerprint density at radius 2 is 2.12 bits per heavy atom. The standard InChI is InChI=1S/C13H21N3O/c1-11(12(17)16-8-2-3-9-16)15-10-13(4-5-13)6-7-14/h11,15H,2-6,8-10H2,1H3. The summed E-state index contributed by atoms with van der Waals surface area (Å²) in [7, 11) is 0. The quantitative estimate of drug-likeness (QED) is 0.781. The van der Waals surface area contributed by atoms with Crippen LogP contribution in [0.25, 0.3) is 0 Å². The Labute approximate surface area is 103 Å². The van der Waals surface area contributed by atoms with Crippen molar-refractivity contribution >= 4 is 5.91 Å². The molecule has 17 heavy (non-hydrogen) atoms. The second-order valence-corrected chi connectivity index (χ2v) is 5.47. The molecule has 1 amide bonds. The number of hydrogen-bond donors (Lipinski definition) is 1. The highest BCUT2D eigenvalue weighted by molar-refractivity contribution is 5.81. The lowest BCUT2D eigenvalue weighted by Gasteiger charge is -2.23. The minimum atomic E-state index is -0.107. The molecule has 2 aliphatic rings. The molecule has 2 rings (SSSR count). The predicted octanol–water partition coefficient (Wildman–Crippen LogP) is 1.28. The summed E-state index contributed by atoms with van der Waals surface area (Å²) in [6, 6.07) is 2.14. The van der Waals surface area contributed by atoms with Gasteiger partial charge < -0.3 is 10.2 Å². The molecule has 94 valence electrons. The zero-order valence-electron chi connectivity index (χ0n) is 10.5. The number of nitrogens with zero attached hydrogens (tertiary/aromatic N) is 2. The van der Waals surface area contributed by atoms with Crippen molar-refractivity contribution in [1.29, 1.82) is 5.26 Å². The van der Waals surface area contributed by atoms with Crippen LogP contribution in [0.15, 0.2) is 0 Å². The third kappa shape index (κ3) is 2.98. The predicted molar refractivity (Wildman–Crippen MR) is 65.2 cm³/mol. The number of rotatable bonds is 5. The number of carbonyl (C=O) groups is 1. The molecule has 0 aromatic rings. The lowest BCUT2D eigenvalue weighted by atomic mass is 10.0. The van der Waals surface area contributed by atoms with E-state index < -0.39 is 0 Å². The number of nitriles is 1. The van der Waals surface area contributed by atoms with Crippen molar-refractivity contribution in [3.05, 3.63) is 0 Å². The van der Waals surface area contributed by atoms with Crippen LogP contribution in [-0.4, -0.2) is 36.5 Å². The lowest BCUT2D eigenvalue weighted by molar-refractivity contribution is -0.132. The van der Waals surface area contributed by atoms with E-state index in [-0.39, 0.29) is 17.4 Å². The highest BCUT2D eigenvalue weighted by atomic mass is 16.2. The molecule has 0 aromatic heterocycles. The van der Waals surface area contributed by atoms with Gasteiger partial charge in [-0.05, 0) is 38.0 Å². The Balaban J connectivity index is 1.75. The van der Waals surface area contributed by atoms with Crippen LogP contribution >= 0.6 is 0 Å². The van der Waals surface area contributed by atoms with Gasteiger partial charge in [-0.25, -0.2) is 0 Å². The molecule has 2 fully saturated rings. The van der Waals surface area contributed by atoms with Crippen molar-refractivity contribution in [1.82, 2.24) is 10.2 Å². The van der Waals surface area contributed by atoms with E-state index in [4.69, 9.17) is 5.26 Å². The van der Waals surface area contributed by atoms with E-state index in [1.165, 1.54) is 0 Å². The van der Waals surface area contributed by atoms with Crippen LogP contribution < -0.4 is 5.32 Å². The fourth-order valence-corrected chi connectivity index (χ4v) is 2.43. The van der Waals surface area contributed by atoms with Crippen molar-refractivity contribution in [3.63, 3.8) is 0 Å². The average Bonchev–Trinajstić information content (AvgIpc) is 2.89. The number of carbonyl (C=O) groups excluding carboxylic acids is 1. The maximum Gasteiger partial charge on any atom is 0.239 e. The highest BCUT2D eigenvalue weighted by Crippen LogP contribution is 2.47. The molecule has 1 aliphatic heterocycles. The minimum Gasteiger partial charge on any atom is -0.341 e. The van der Waals surface area contributed by atoms with E-state index in [9.17, 15) is 4.79 Å². The van der Waals surface area contributed by atoms with Crippen molar-refractivity contribution in [2.45, 2.75) is 45.1 Å². The Morgan fingerprint density at radius 1 is 1.47 bits per heavy atom. The van der Waals surface area contributed by atoms with E-state index in [0.29, 0.717) is 6.42 Å². The fraction of sp³-hybridized carbons (Fsp3) is 0.846. The highest BCUT2D eigenvalue weighted by Gasteiger charge is 2.42. The molecule has 1 saturated heterocycles. The van der Waals surface area contributed by atoms with E-state index in [1.807, 2.05) is 11.8 Å². The van der Waals surface area contributed by atoms with Crippen molar-refractivity contribution in [3.8, 4) is 6.07 Å². The molecule has 1 N–H and O–H groups in total. The van der Waals surface area contributed by atoms with Gasteiger partial charge in [0.25, 0.3) is 0 Å². The molecule has 4 heteroatoms. The lowest BCUT2D eigenvalue weighted by Crippen LogP contribution is -2.45. The van der Waals surface area contributed by atoms with Crippen LogP contribution in [-0.2, 0) is 4.79 Å². The van der Waals surface area contributed by atoms with Gasteiger partial charge in [0, 0.05) is 26.1 Å². The Bertz CT molecular complexity index is 324. The third-order valence-electron chi connectivity index (χ3n) is 3.98. The van der Waals surface area contributed by atoms with E-state index in [1.54, 1.807) is 0 Å². The first-order valence-corrected chi connectivity index (χ1v) is 6.56. The first kappa shape index (κ1) is 12.4. The molecule has 0 aromatic carbocycles. The minimum absolute atomic E-state index is 0.107. The Morgan fingerprint density at radius 3 is 2.65 bits per heavy atom. The molecule has 0 radical (unpaired) electrons. The summed E-state index contributed by atoms with van der Waals surface area (Å²) in [4.78, 5) is 14.0. The maximum absolute atomic E-state index is 12.0. The van der Waals surface area contributed by atoms with Gasteiger partial charge in [-0.2, -0.15) is 5.26 Å². The van der Waals surface area contributed by atoms with Gasteiger partial charge in [-0.3, -0.25) is 4.79 Å². The molecule has 1 aliphatic carbocycles. The Hall–Kier alpha value is -1.08. The van der Waals surface area contributed by atoms with Crippen molar-refractivity contribution < 1.29 is 4.79 Å². The molecule has 0 bridgehead atoms. The SMILES string of the molecule is CC(NCC1(CC#N)CC1)C(=O)N1CCCC1. The normalized spacial score (nSPS) is 23.2. The monoisotopic (exact) mass is 235 g/mol. The molecule has 0 spiro atoms. The zero-order chi connectivity index (χ0) is 12.3. The molecular formula is C13H21N3O. The van der Waals surface area contributed by atoms with Gasteiger partial charge in [-0.15, -0.1) is 0 Å². The summed E-state index contributed by atoms with van der Waals surface area (Å²) in [5, 5.41) is 12.0. The Kier molecular flexibility index (Phi) is 3.68. The van der Waals surface area contributed by atoms with Crippen LogP contribution in [0.5, 0.6) is 0 Å². The molecule has 4 nitrogen and oxygen atoms in total. The summed E-state index contributed by atoms with van der Waals surface area (Å²) in [5.41, 5.74) is 0.175. The summed E-state index contributed by atoms with van der Waals surface area (Å²) >= 11 is 0. The summed E-state index contributed by atoms with van der Waals surface area (Å²) in [6.07, 6.45) is 5.13. The van der Waals surface area contributed by atoms with E-state index in [2.05, 4.69) is 11.4 Å². The summed E-state index contributed by atoms with van der Waals surface area (Å²) < 4.78 is 0. The van der Waals surface area contributed by atoms with Gasteiger partial charge in [0.2, 0.25) is 5.91 Å². The van der Waals surface area contributed by atoms with Gasteiger partial charge in [0.15, 0.2) is 0 Å². The first-order chi connectivity index (χ1) is 8.17. The number of amides is 1. The molecular weight excluding hydrogens is 214 g/mol. The van der Waals surface area contributed by atoms with Crippen LogP contribution in [0.4, 0.5) is 0 Å². The molecule has 1 unspecified atom stereocenters. The molecule has 1 heterocycles. The van der Waals surface area contributed by atoms with Crippen LogP contribution in [0.2, 0.25) is 0 Å². The van der Waals surface area contributed by atoms with Gasteiger partial charge in [0.1, 0.15) is 0 Å². The topological polar surface area (TPSA) is 56.1 Å². The second kappa shape index (κ2) is 5.05. The third-order valence-corrected chi connectivity index (χ3v) is 3.98. The zero-order valence-corrected chi connectivity index (χ0v) is 10.5. The molecule has 1 atom stereocenters. The first-order valence-electron chi connectivity index (χ1n) is 6.56. The van der Waals surface area contributed by atoms with Gasteiger partial charge in [-0.1, -0.05) is 0 Å². The van der Waals surface area contributed by atoms with Crippen LogP contribution in [0, 0.1) is 16.7 Å². The average molecular weight is 235 g/mol. The summed E-state index contributed by atoms with van der Waals surface area (Å²) in [5.74, 6) is 0.218. The number of likely N-dealkylation sites (tertiary alicyclic amines) is 1. The van der Waals surface area contributed by atoms with Gasteiger partial charge in [0.05, 0.1) is 12.1 Å². The van der Waals surface area contributed by atoms with Crippen LogP contribution in [0.1, 0.15) is 39.0 Å². The van der Waals surface area contributed by atoms with E-state index in [0.717, 1.165) is 45.3 Å². The maximum atomic E-state index is 12.0. The second-order valence-electron chi connectivity index (χ2n) is 5.47. The van der Waals surface area contributed by atoms with E-state index >= 15 is 0 Å². The number of nitrogens with one attached hydrogen (secondary N) is 1. The summed E-state index contributed by atoms with van der Waals surface area (Å²) in [6.45, 7) is 4.56. The van der Waals surface area contributed by atoms with Crippen molar-refractivity contribution in [2.75, 3.05) is 19.6 Å². The van der Waals surface area contributed by atoms with Gasteiger partial charge >= 0.3 is 0 Å².